The van der Waals surface area contributed by atoms with Crippen molar-refractivity contribution in [3.63, 3.8) is 0 Å². The Morgan fingerprint density at radius 1 is 1.53 bits per heavy atom. The molecule has 1 atom stereocenters. The fourth-order valence-electron chi connectivity index (χ4n) is 1.92. The van der Waals surface area contributed by atoms with Gasteiger partial charge < -0.3 is 10.4 Å². The standard InChI is InChI=1S/C15H23NO2S/c1-11(2)14(18)15(3,4)10-16-13(17)8-7-12-6-5-9-19-12/h5-9,11,14,18H,10H2,1-4H3,(H,16,17)/b8-7+. The summed E-state index contributed by atoms with van der Waals surface area (Å²) >= 11 is 1.59. The van der Waals surface area contributed by atoms with Crippen molar-refractivity contribution in [2.24, 2.45) is 11.3 Å². The smallest absolute Gasteiger partial charge is 0.244 e. The van der Waals surface area contributed by atoms with Crippen LogP contribution in [0.25, 0.3) is 6.08 Å². The maximum absolute atomic E-state index is 11.7. The van der Waals surface area contributed by atoms with Gasteiger partial charge in [-0.2, -0.15) is 0 Å². The highest BCUT2D eigenvalue weighted by atomic mass is 32.1. The van der Waals surface area contributed by atoms with Crippen LogP contribution in [0.5, 0.6) is 0 Å². The molecule has 2 N–H and O–H groups in total. The molecule has 0 fully saturated rings. The van der Waals surface area contributed by atoms with Gasteiger partial charge in [0.25, 0.3) is 0 Å². The van der Waals surface area contributed by atoms with Gasteiger partial charge >= 0.3 is 0 Å². The second-order valence-electron chi connectivity index (χ2n) is 5.74. The quantitative estimate of drug-likeness (QED) is 0.788. The topological polar surface area (TPSA) is 49.3 Å². The van der Waals surface area contributed by atoms with Gasteiger partial charge in [0, 0.05) is 22.9 Å². The minimum atomic E-state index is -0.436. The van der Waals surface area contributed by atoms with Gasteiger partial charge in [-0.05, 0) is 23.4 Å². The van der Waals surface area contributed by atoms with E-state index in [2.05, 4.69) is 5.32 Å². The summed E-state index contributed by atoms with van der Waals surface area (Å²) in [7, 11) is 0. The van der Waals surface area contributed by atoms with E-state index in [1.165, 1.54) is 6.08 Å². The minimum absolute atomic E-state index is 0.127. The molecule has 0 aromatic carbocycles. The summed E-state index contributed by atoms with van der Waals surface area (Å²) in [6.07, 6.45) is 2.89. The molecule has 0 aliphatic rings. The number of carbonyl (C=O) groups is 1. The number of rotatable bonds is 6. The van der Waals surface area contributed by atoms with E-state index in [4.69, 9.17) is 0 Å². The number of thiophene rings is 1. The Morgan fingerprint density at radius 2 is 2.21 bits per heavy atom. The van der Waals surface area contributed by atoms with Gasteiger partial charge in [0.15, 0.2) is 0 Å². The van der Waals surface area contributed by atoms with Crippen LogP contribution in [-0.4, -0.2) is 23.7 Å². The Labute approximate surface area is 119 Å². The van der Waals surface area contributed by atoms with Crippen molar-refractivity contribution in [2.45, 2.75) is 33.8 Å². The van der Waals surface area contributed by atoms with Gasteiger partial charge in [-0.15, -0.1) is 11.3 Å². The Balaban J connectivity index is 2.46. The highest BCUT2D eigenvalue weighted by Gasteiger charge is 2.30. The van der Waals surface area contributed by atoms with E-state index in [9.17, 15) is 9.90 Å². The molecule has 4 heteroatoms. The molecule has 0 aliphatic heterocycles. The molecule has 1 aromatic rings. The third kappa shape index (κ3) is 5.17. The predicted octanol–water partition coefficient (Wildman–Crippen LogP) is 2.92. The first kappa shape index (κ1) is 15.9. The van der Waals surface area contributed by atoms with Gasteiger partial charge in [0.1, 0.15) is 0 Å². The Bertz CT molecular complexity index is 421. The van der Waals surface area contributed by atoms with E-state index < -0.39 is 6.10 Å². The normalized spacial score (nSPS) is 14.0. The first-order chi connectivity index (χ1) is 8.83. The van der Waals surface area contributed by atoms with Crippen LogP contribution in [0.3, 0.4) is 0 Å². The van der Waals surface area contributed by atoms with Crippen molar-refractivity contribution in [2.75, 3.05) is 6.54 Å². The van der Waals surface area contributed by atoms with Crippen molar-refractivity contribution in [1.29, 1.82) is 0 Å². The van der Waals surface area contributed by atoms with Crippen LogP contribution in [0.4, 0.5) is 0 Å². The zero-order valence-corrected chi connectivity index (χ0v) is 12.8. The number of aliphatic hydroxyl groups excluding tert-OH is 1. The Hall–Kier alpha value is -1.13. The maximum Gasteiger partial charge on any atom is 0.244 e. The molecule has 1 rings (SSSR count). The van der Waals surface area contributed by atoms with Crippen molar-refractivity contribution >= 4 is 23.3 Å². The number of amides is 1. The summed E-state index contributed by atoms with van der Waals surface area (Å²) in [5.41, 5.74) is -0.333. The van der Waals surface area contributed by atoms with Gasteiger partial charge in [-0.25, -0.2) is 0 Å². The molecule has 3 nitrogen and oxygen atoms in total. The minimum Gasteiger partial charge on any atom is -0.392 e. The van der Waals surface area contributed by atoms with Gasteiger partial charge in [0.2, 0.25) is 5.91 Å². The number of carbonyl (C=O) groups excluding carboxylic acids is 1. The number of hydrogen-bond donors (Lipinski definition) is 2. The lowest BCUT2D eigenvalue weighted by Gasteiger charge is -2.33. The SMILES string of the molecule is CC(C)C(O)C(C)(C)CNC(=O)/C=C/c1cccs1. The van der Waals surface area contributed by atoms with Crippen molar-refractivity contribution in [3.8, 4) is 0 Å². The third-order valence-corrected chi connectivity index (χ3v) is 3.93. The van der Waals surface area contributed by atoms with E-state index in [0.29, 0.717) is 6.54 Å². The summed E-state index contributed by atoms with van der Waals surface area (Å²) in [6.45, 7) is 8.33. The average Bonchev–Trinajstić information content (AvgIpc) is 2.86. The predicted molar refractivity (Wildman–Crippen MR) is 81.0 cm³/mol. The van der Waals surface area contributed by atoms with Crippen molar-refractivity contribution < 1.29 is 9.90 Å². The molecule has 0 aliphatic carbocycles. The highest BCUT2D eigenvalue weighted by Crippen LogP contribution is 2.25. The molecule has 0 spiro atoms. The zero-order valence-electron chi connectivity index (χ0n) is 12.0. The molecule has 0 bridgehead atoms. The zero-order chi connectivity index (χ0) is 14.5. The highest BCUT2D eigenvalue weighted by molar-refractivity contribution is 7.10. The fourth-order valence-corrected chi connectivity index (χ4v) is 2.54. The van der Waals surface area contributed by atoms with Crippen LogP contribution in [0.1, 0.15) is 32.6 Å². The lowest BCUT2D eigenvalue weighted by atomic mass is 9.81. The molecule has 0 radical (unpaired) electrons. The molecule has 1 aromatic heterocycles. The van der Waals surface area contributed by atoms with E-state index in [0.717, 1.165) is 4.88 Å². The van der Waals surface area contributed by atoms with E-state index in [1.807, 2.05) is 45.2 Å². The van der Waals surface area contributed by atoms with E-state index >= 15 is 0 Å². The first-order valence-electron chi connectivity index (χ1n) is 6.50. The van der Waals surface area contributed by atoms with Gasteiger partial charge in [0.05, 0.1) is 6.10 Å². The molecule has 0 saturated heterocycles. The van der Waals surface area contributed by atoms with Crippen LogP contribution >= 0.6 is 11.3 Å². The molecular formula is C15H23NO2S. The molecular weight excluding hydrogens is 258 g/mol. The third-order valence-electron chi connectivity index (χ3n) is 3.09. The molecule has 106 valence electrons. The van der Waals surface area contributed by atoms with Gasteiger partial charge in [-0.3, -0.25) is 4.79 Å². The summed E-state index contributed by atoms with van der Waals surface area (Å²) in [5, 5.41) is 14.9. The summed E-state index contributed by atoms with van der Waals surface area (Å²) in [6, 6.07) is 3.91. The van der Waals surface area contributed by atoms with Crippen molar-refractivity contribution in [3.05, 3.63) is 28.5 Å². The Kier molecular flexibility index (Phi) is 5.76. The molecule has 1 unspecified atom stereocenters. The first-order valence-corrected chi connectivity index (χ1v) is 7.38. The molecule has 19 heavy (non-hydrogen) atoms. The lowest BCUT2D eigenvalue weighted by Crippen LogP contribution is -2.43. The van der Waals surface area contributed by atoms with Crippen LogP contribution in [0.2, 0.25) is 0 Å². The van der Waals surface area contributed by atoms with Gasteiger partial charge in [-0.1, -0.05) is 33.8 Å². The van der Waals surface area contributed by atoms with Crippen LogP contribution < -0.4 is 5.32 Å². The van der Waals surface area contributed by atoms with Crippen molar-refractivity contribution in [1.82, 2.24) is 5.32 Å². The monoisotopic (exact) mass is 281 g/mol. The summed E-state index contributed by atoms with van der Waals surface area (Å²) < 4.78 is 0. The molecule has 1 heterocycles. The number of hydrogen-bond acceptors (Lipinski definition) is 3. The summed E-state index contributed by atoms with van der Waals surface area (Å²) in [5.74, 6) is 0.0472. The lowest BCUT2D eigenvalue weighted by molar-refractivity contribution is -0.117. The van der Waals surface area contributed by atoms with Crippen LogP contribution in [0, 0.1) is 11.3 Å². The second kappa shape index (κ2) is 6.87. The van der Waals surface area contributed by atoms with Crippen LogP contribution in [-0.2, 0) is 4.79 Å². The Morgan fingerprint density at radius 3 is 2.74 bits per heavy atom. The largest absolute Gasteiger partial charge is 0.392 e. The fraction of sp³-hybridized carbons (Fsp3) is 0.533. The number of aliphatic hydroxyl groups is 1. The number of nitrogens with one attached hydrogen (secondary N) is 1. The van der Waals surface area contributed by atoms with Crippen LogP contribution in [0.15, 0.2) is 23.6 Å². The molecule has 0 saturated carbocycles. The second-order valence-corrected chi connectivity index (χ2v) is 6.72. The van der Waals surface area contributed by atoms with E-state index in [-0.39, 0.29) is 17.2 Å². The average molecular weight is 281 g/mol. The summed E-state index contributed by atoms with van der Waals surface area (Å²) in [4.78, 5) is 12.8. The van der Waals surface area contributed by atoms with E-state index in [1.54, 1.807) is 17.4 Å². The molecule has 1 amide bonds. The maximum atomic E-state index is 11.7.